The molecule has 0 amide bonds. The molecule has 11 heavy (non-hydrogen) atoms. The number of fused-ring (bicyclic) bond motifs is 1. The first-order chi connectivity index (χ1) is 5.27. The third-order valence-corrected chi connectivity index (χ3v) is 2.23. The van der Waals surface area contributed by atoms with Gasteiger partial charge in [0.2, 0.25) is 0 Å². The van der Waals surface area contributed by atoms with Crippen molar-refractivity contribution < 1.29 is 4.65 Å². The zero-order valence-electron chi connectivity index (χ0n) is 6.92. The van der Waals surface area contributed by atoms with Gasteiger partial charge in [0.25, 0.3) is 0 Å². The van der Waals surface area contributed by atoms with Gasteiger partial charge in [0, 0.05) is 0 Å². The molecule has 0 saturated carbocycles. The quantitative estimate of drug-likeness (QED) is 0.502. The largest absolute Gasteiger partial charge is 0.427 e. The van der Waals surface area contributed by atoms with Crippen molar-refractivity contribution in [1.82, 2.24) is 0 Å². The van der Waals surface area contributed by atoms with E-state index in [2.05, 4.69) is 31.9 Å². The average Bonchev–Trinajstić information content (AvgIpc) is 2.33. The van der Waals surface area contributed by atoms with Gasteiger partial charge in [-0.05, 0) is 17.9 Å². The molecule has 0 unspecified atom stereocenters. The number of benzene rings is 1. The van der Waals surface area contributed by atoms with Crippen LogP contribution in [0.1, 0.15) is 11.1 Å². The van der Waals surface area contributed by atoms with E-state index in [4.69, 9.17) is 4.65 Å². The molecule has 0 fully saturated rings. The van der Waals surface area contributed by atoms with Gasteiger partial charge in [0.05, 0.1) is 6.61 Å². The van der Waals surface area contributed by atoms with Crippen LogP contribution >= 0.6 is 0 Å². The number of aryl methyl sites for hydroxylation is 1. The second-order valence-corrected chi connectivity index (χ2v) is 3.16. The summed E-state index contributed by atoms with van der Waals surface area (Å²) in [6.45, 7) is 5.30. The molecular weight excluding hydrogens is 135 g/mol. The Hall–Kier alpha value is -0.755. The van der Waals surface area contributed by atoms with Crippen molar-refractivity contribution in [3.8, 4) is 0 Å². The fourth-order valence-corrected chi connectivity index (χ4v) is 1.53. The predicted octanol–water partition coefficient (Wildman–Crippen LogP) is 1.35. The van der Waals surface area contributed by atoms with Crippen molar-refractivity contribution in [3.05, 3.63) is 29.3 Å². The zero-order valence-corrected chi connectivity index (χ0v) is 6.92. The maximum Gasteiger partial charge on any atom is 0.324 e. The Balaban J connectivity index is 2.52. The molecule has 56 valence electrons. The highest BCUT2D eigenvalue weighted by molar-refractivity contribution is 6.67. The lowest BCUT2D eigenvalue weighted by Crippen LogP contribution is -2.24. The van der Waals surface area contributed by atoms with E-state index < -0.39 is 0 Å². The van der Waals surface area contributed by atoms with Gasteiger partial charge in [0.15, 0.2) is 0 Å². The lowest BCUT2D eigenvalue weighted by molar-refractivity contribution is 0.333. The minimum atomic E-state index is 0.296. The van der Waals surface area contributed by atoms with Gasteiger partial charge >= 0.3 is 6.92 Å². The Kier molecular flexibility index (Phi) is 1.50. The molecule has 0 aliphatic carbocycles. The molecule has 1 heterocycles. The van der Waals surface area contributed by atoms with Gasteiger partial charge in [-0.1, -0.05) is 30.6 Å². The maximum atomic E-state index is 5.48. The van der Waals surface area contributed by atoms with Crippen LogP contribution in [-0.4, -0.2) is 6.92 Å². The molecule has 0 N–H and O–H groups in total. The molecule has 1 aliphatic rings. The minimum Gasteiger partial charge on any atom is -0.427 e. The molecule has 0 atom stereocenters. The first-order valence-corrected chi connectivity index (χ1v) is 3.98. The fraction of sp³-hybridized carbons (Fsp3) is 0.333. The summed E-state index contributed by atoms with van der Waals surface area (Å²) >= 11 is 0. The van der Waals surface area contributed by atoms with Crippen LogP contribution in [0, 0.1) is 6.92 Å². The van der Waals surface area contributed by atoms with Gasteiger partial charge in [-0.2, -0.15) is 0 Å². The Morgan fingerprint density at radius 3 is 3.09 bits per heavy atom. The summed E-state index contributed by atoms with van der Waals surface area (Å²) < 4.78 is 5.48. The van der Waals surface area contributed by atoms with Crippen molar-refractivity contribution in [2.75, 3.05) is 0 Å². The monoisotopic (exact) mass is 146 g/mol. The van der Waals surface area contributed by atoms with Crippen LogP contribution in [0.25, 0.3) is 0 Å². The van der Waals surface area contributed by atoms with E-state index in [1.165, 1.54) is 16.6 Å². The Morgan fingerprint density at radius 1 is 1.45 bits per heavy atom. The number of hydrogen-bond donors (Lipinski definition) is 0. The van der Waals surface area contributed by atoms with Crippen molar-refractivity contribution >= 4 is 12.4 Å². The summed E-state index contributed by atoms with van der Waals surface area (Å²) in [6.07, 6.45) is 0. The normalized spacial score (nSPS) is 15.3. The summed E-state index contributed by atoms with van der Waals surface area (Å²) in [4.78, 5) is 0. The molecule has 1 aromatic rings. The highest BCUT2D eigenvalue weighted by Gasteiger charge is 2.22. The molecule has 0 aromatic heterocycles. The van der Waals surface area contributed by atoms with E-state index in [1.807, 2.05) is 0 Å². The van der Waals surface area contributed by atoms with Gasteiger partial charge in [-0.3, -0.25) is 0 Å². The molecule has 2 heteroatoms. The predicted molar refractivity (Wildman–Crippen MR) is 47.2 cm³/mol. The smallest absolute Gasteiger partial charge is 0.324 e. The van der Waals surface area contributed by atoms with Crippen LogP contribution < -0.4 is 5.46 Å². The van der Waals surface area contributed by atoms with Crippen LogP contribution in [0.15, 0.2) is 18.2 Å². The summed E-state index contributed by atoms with van der Waals surface area (Å²) in [5, 5.41) is 0. The van der Waals surface area contributed by atoms with Crippen LogP contribution in [0.2, 0.25) is 6.82 Å². The molecule has 1 nitrogen and oxygen atoms in total. The van der Waals surface area contributed by atoms with E-state index in [0.717, 1.165) is 6.61 Å². The molecular formula is C9H11BO. The van der Waals surface area contributed by atoms with Crippen LogP contribution in [0.3, 0.4) is 0 Å². The van der Waals surface area contributed by atoms with E-state index >= 15 is 0 Å². The van der Waals surface area contributed by atoms with Crippen molar-refractivity contribution in [2.45, 2.75) is 20.4 Å². The van der Waals surface area contributed by atoms with E-state index in [0.29, 0.717) is 6.92 Å². The minimum absolute atomic E-state index is 0.296. The molecule has 0 bridgehead atoms. The Morgan fingerprint density at radius 2 is 2.27 bits per heavy atom. The summed E-state index contributed by atoms with van der Waals surface area (Å²) in [5.74, 6) is 0. The average molecular weight is 146 g/mol. The standard InChI is InChI=1S/C9H11BO/c1-7-3-4-8-6-11-10(2)9(8)5-7/h3-5H,6H2,1-2H3. The van der Waals surface area contributed by atoms with Crippen molar-refractivity contribution in [2.24, 2.45) is 0 Å². The van der Waals surface area contributed by atoms with E-state index in [1.54, 1.807) is 0 Å². The Bertz CT molecular complexity index is 283. The van der Waals surface area contributed by atoms with Crippen LogP contribution in [0.5, 0.6) is 0 Å². The summed E-state index contributed by atoms with van der Waals surface area (Å²) in [7, 11) is 0. The van der Waals surface area contributed by atoms with Gasteiger partial charge < -0.3 is 4.65 Å². The molecule has 1 aromatic carbocycles. The third kappa shape index (κ3) is 1.08. The SMILES string of the molecule is CB1OCc2ccc(C)cc21. The zero-order chi connectivity index (χ0) is 7.84. The molecule has 0 spiro atoms. The topological polar surface area (TPSA) is 9.23 Å². The maximum absolute atomic E-state index is 5.48. The summed E-state index contributed by atoms with van der Waals surface area (Å²) in [6, 6.07) is 6.52. The second kappa shape index (κ2) is 2.38. The van der Waals surface area contributed by atoms with Crippen molar-refractivity contribution in [3.63, 3.8) is 0 Å². The highest BCUT2D eigenvalue weighted by atomic mass is 16.4. The third-order valence-electron chi connectivity index (χ3n) is 2.23. The lowest BCUT2D eigenvalue weighted by Gasteiger charge is -1.99. The van der Waals surface area contributed by atoms with E-state index in [9.17, 15) is 0 Å². The summed E-state index contributed by atoms with van der Waals surface area (Å²) in [5.41, 5.74) is 4.04. The number of hydrogen-bond acceptors (Lipinski definition) is 1. The van der Waals surface area contributed by atoms with Crippen LogP contribution in [-0.2, 0) is 11.3 Å². The van der Waals surface area contributed by atoms with Crippen molar-refractivity contribution in [1.29, 1.82) is 0 Å². The van der Waals surface area contributed by atoms with E-state index in [-0.39, 0.29) is 0 Å². The molecule has 0 saturated heterocycles. The van der Waals surface area contributed by atoms with Gasteiger partial charge in [-0.15, -0.1) is 0 Å². The fourth-order valence-electron chi connectivity index (χ4n) is 1.53. The number of rotatable bonds is 0. The molecule has 0 radical (unpaired) electrons. The first kappa shape index (κ1) is 6.92. The molecule has 2 rings (SSSR count). The highest BCUT2D eigenvalue weighted by Crippen LogP contribution is 2.11. The molecule has 1 aliphatic heterocycles. The van der Waals surface area contributed by atoms with Gasteiger partial charge in [0.1, 0.15) is 0 Å². The lowest BCUT2D eigenvalue weighted by atomic mass is 9.64. The second-order valence-electron chi connectivity index (χ2n) is 3.16. The van der Waals surface area contributed by atoms with Crippen LogP contribution in [0.4, 0.5) is 0 Å². The van der Waals surface area contributed by atoms with Gasteiger partial charge in [-0.25, -0.2) is 0 Å². The first-order valence-electron chi connectivity index (χ1n) is 3.98. The Labute approximate surface area is 67.5 Å².